The van der Waals surface area contributed by atoms with E-state index >= 15 is 0 Å². The number of anilines is 2. The average Bonchev–Trinajstić information content (AvgIpc) is 1.64. The Morgan fingerprint density at radius 3 is 1.74 bits per heavy atom. The van der Waals surface area contributed by atoms with Crippen molar-refractivity contribution in [3.05, 3.63) is 24.0 Å². The van der Waals surface area contributed by atoms with E-state index in [1.165, 1.54) is 34.0 Å². The summed E-state index contributed by atoms with van der Waals surface area (Å²) in [5, 5.41) is 47.7. The molecule has 41 heteroatoms. The van der Waals surface area contributed by atoms with Crippen LogP contribution in [0.2, 0.25) is 0 Å². The maximum Gasteiger partial charge on any atom is 0.478 e. The molecule has 4 aliphatic heterocycles. The van der Waals surface area contributed by atoms with E-state index in [1.54, 1.807) is 46.1 Å². The molecule has 2 saturated heterocycles. The van der Waals surface area contributed by atoms with Crippen LogP contribution in [-0.4, -0.2) is 233 Å². The van der Waals surface area contributed by atoms with Gasteiger partial charge in [0.15, 0.2) is 21.9 Å². The standard InChI is InChI=1S/C25H42N7O8PS.C24H40BN7O13P2S.4H2/c1-16(24(35)27-9-8-20(34)31-15-42-17(2)33)25(3,4)12-39-41(36,37)38-11-19-7-6-18(40-19)10-32-14-30-22(26-5)21-23(32)29-13-28-21;1-13(33)48-12-31-16(34)5-6-27-23(38)20(37)24(2,3)9-43-47(40,41)45-46(25,39)42-8-15-19(36)18(35)14(44-15)7-32-11-30-21(26-4)17-22(32)29-10-28-17;;;;/h13,16,18-19H,6-12,14-15H2,1-5H3,(H,26,30)(H,27,35)(H,28,29)(H,31,34)(H,36,37);10,14-15,18-20,35-37H,5-9,11-12H2,1-4H3,(H,26,30)(H,27,38)(H,28,29)(H,31,34)(H,40,41);4*1H. The fourth-order valence-corrected chi connectivity index (χ4v) is 13.0. The molecule has 2 radical (unpaired) electrons. The molecule has 6 heterocycles. The Bertz CT molecular complexity index is 3030. The Kier molecular flexibility index (Phi) is 29.0. The first kappa shape index (κ1) is 75.9. The van der Waals surface area contributed by atoms with Crippen molar-refractivity contribution in [1.82, 2.24) is 51.8 Å². The number of phosphoric ester groups is 2. The fraction of sp³-hybridized carbons (Fsp3) is 0.714. The lowest BCUT2D eigenvalue weighted by atomic mass is 9.80. The van der Waals surface area contributed by atoms with Gasteiger partial charge in [0.05, 0.1) is 82.9 Å². The Balaban J connectivity index is 0.000000909. The summed E-state index contributed by atoms with van der Waals surface area (Å²) >= 11 is 1.89. The van der Waals surface area contributed by atoms with Crippen molar-refractivity contribution in [3.8, 4) is 0 Å². The molecule has 512 valence electrons. The molecule has 2 aromatic rings. The number of rotatable bonds is 32. The van der Waals surface area contributed by atoms with Crippen molar-refractivity contribution in [2.45, 2.75) is 117 Å². The van der Waals surface area contributed by atoms with E-state index in [9.17, 15) is 67.6 Å². The molecule has 0 spiro atoms. The molecule has 0 aliphatic carbocycles. The summed E-state index contributed by atoms with van der Waals surface area (Å²) in [6, 6.07) is 0. The van der Waals surface area contributed by atoms with Gasteiger partial charge in [-0.1, -0.05) is 58.1 Å². The highest BCUT2D eigenvalue weighted by atomic mass is 32.2. The van der Waals surface area contributed by atoms with Crippen LogP contribution in [0.4, 0.5) is 11.6 Å². The fourth-order valence-electron chi connectivity index (χ4n) is 8.82. The van der Waals surface area contributed by atoms with Crippen molar-refractivity contribution in [2.24, 2.45) is 26.7 Å². The van der Waals surface area contributed by atoms with Gasteiger partial charge < -0.3 is 90.8 Å². The van der Waals surface area contributed by atoms with E-state index in [0.29, 0.717) is 37.0 Å². The summed E-state index contributed by atoms with van der Waals surface area (Å²) < 4.78 is 74.4. The van der Waals surface area contributed by atoms with Crippen molar-refractivity contribution in [3.63, 3.8) is 0 Å². The predicted octanol–water partition coefficient (Wildman–Crippen LogP) is 0.656. The molecule has 6 rings (SSSR count). The van der Waals surface area contributed by atoms with Gasteiger partial charge in [0.25, 0.3) is 7.47 Å². The summed E-state index contributed by atoms with van der Waals surface area (Å²) in [5.41, 5.74) is -0.866. The topological polar surface area (TPSA) is 480 Å². The number of imidazole rings is 2. The molecule has 0 saturated carbocycles. The van der Waals surface area contributed by atoms with Gasteiger partial charge in [-0.05, 0) is 12.8 Å². The van der Waals surface area contributed by atoms with Gasteiger partial charge in [-0.15, -0.1) is 0 Å². The van der Waals surface area contributed by atoms with Crippen molar-refractivity contribution >= 4 is 111 Å². The number of aliphatic hydroxyl groups excluding tert-OH is 3. The summed E-state index contributed by atoms with van der Waals surface area (Å²) in [7, 11) is -5.65. The first-order chi connectivity index (χ1) is 42.2. The van der Waals surface area contributed by atoms with Gasteiger partial charge in [0.2, 0.25) is 31.2 Å². The number of fused-ring (bicyclic) bond motifs is 2. The van der Waals surface area contributed by atoms with Gasteiger partial charge in [-0.2, -0.15) is 0 Å². The second-order valence-corrected chi connectivity index (χ2v) is 29.2. The van der Waals surface area contributed by atoms with Gasteiger partial charge >= 0.3 is 15.6 Å². The number of aromatic amines is 2. The number of aromatic nitrogens is 4. The molecule has 2 fully saturated rings. The van der Waals surface area contributed by atoms with Crippen LogP contribution in [0.25, 0.3) is 0 Å². The minimum atomic E-state index is -5.21. The Morgan fingerprint density at radius 2 is 1.21 bits per heavy atom. The van der Waals surface area contributed by atoms with Crippen LogP contribution < -0.4 is 41.7 Å². The molecule has 0 aromatic carbocycles. The number of amidine groups is 2. The Labute approximate surface area is 535 Å². The highest BCUT2D eigenvalue weighted by Crippen LogP contribution is 2.61. The number of nitrogens with zero attached hydrogens (tertiary/aromatic N) is 6. The molecule has 35 nitrogen and oxygen atoms in total. The number of hydrogen-bond donors (Lipinski definition) is 13. The monoisotopic (exact) mass is 1380 g/mol. The van der Waals surface area contributed by atoms with E-state index < -0.39 is 95.4 Å². The number of H-pyrrole nitrogens is 2. The van der Waals surface area contributed by atoms with E-state index in [-0.39, 0.29) is 104 Å². The zero-order chi connectivity index (χ0) is 66.8. The molecule has 4 amide bonds. The van der Waals surface area contributed by atoms with Crippen LogP contribution in [0.3, 0.4) is 0 Å². The van der Waals surface area contributed by atoms with Crippen LogP contribution in [0.1, 0.15) is 91.2 Å². The average molecular weight is 1380 g/mol. The molecule has 11 atom stereocenters. The third-order valence-corrected chi connectivity index (χ3v) is 19.3. The number of aliphatic imine (C=N–C) groups is 2. The van der Waals surface area contributed by atoms with E-state index in [2.05, 4.69) is 71.0 Å². The van der Waals surface area contributed by atoms with Crippen molar-refractivity contribution in [1.29, 1.82) is 0 Å². The van der Waals surface area contributed by atoms with Gasteiger partial charge in [-0.25, -0.2) is 23.4 Å². The number of hydrogen-bond acceptors (Lipinski definition) is 27. The summed E-state index contributed by atoms with van der Waals surface area (Å²) in [6.45, 7) is 10.2. The van der Waals surface area contributed by atoms with Gasteiger partial charge in [-0.3, -0.25) is 56.9 Å². The van der Waals surface area contributed by atoms with E-state index in [1.807, 2.05) is 0 Å². The predicted molar refractivity (Wildman–Crippen MR) is 338 cm³/mol. The number of ether oxygens (including phenoxy) is 2. The third kappa shape index (κ3) is 23.6. The van der Waals surface area contributed by atoms with Crippen molar-refractivity contribution in [2.75, 3.05) is 102 Å². The smallest absolute Gasteiger partial charge is 0.388 e. The van der Waals surface area contributed by atoms with Crippen molar-refractivity contribution < 1.29 is 105 Å². The largest absolute Gasteiger partial charge is 0.478 e. The molecular weight excluding hydrogens is 1290 g/mol. The van der Waals surface area contributed by atoms with Crippen LogP contribution in [0.15, 0.2) is 22.6 Å². The number of amides is 4. The van der Waals surface area contributed by atoms with Gasteiger partial charge in [0.1, 0.15) is 53.6 Å². The zero-order valence-electron chi connectivity index (χ0n) is 51.3. The SMILES string of the molecule is CN=C1NCN(CC2CCC(COP(=O)(O)OCC(C)(C)C(C)C(=O)NCCC(=O)NCSC(C)=O)O2)c2nc[nH]c21.[B]P(=O)(OCC1OC(CN2CNC(=NC)c3[nH]cnc32)C(O)C1O)OP(=O)(O)OCC(C)(C)C(O)C(=O)NCCC(=O)NCSC(C)=O.[HH].[HH].[HH].[HH]. The molecule has 13 N–H and O–H groups in total. The van der Waals surface area contributed by atoms with Crippen LogP contribution in [0.5, 0.6) is 0 Å². The highest BCUT2D eigenvalue weighted by Gasteiger charge is 2.46. The lowest BCUT2D eigenvalue weighted by Gasteiger charge is -2.31. The number of nitrogens with one attached hydrogen (secondary N) is 8. The minimum Gasteiger partial charge on any atom is -0.388 e. The van der Waals surface area contributed by atoms with E-state index in [0.717, 1.165) is 47.3 Å². The maximum absolute atomic E-state index is 12.7. The Hall–Kier alpha value is -4.85. The molecule has 0 bridgehead atoms. The van der Waals surface area contributed by atoms with Crippen LogP contribution in [0, 0.1) is 16.7 Å². The number of phosphoric acid groups is 2. The summed E-state index contributed by atoms with van der Waals surface area (Å²) in [4.78, 5) is 118. The molecule has 2 aromatic heterocycles. The second-order valence-electron chi connectivity index (χ2n) is 22.3. The second kappa shape index (κ2) is 34.4. The number of carbonyl (C=O) groups excluding carboxylic acids is 6. The first-order valence-corrected chi connectivity index (χ1v) is 34.8. The highest BCUT2D eigenvalue weighted by molar-refractivity contribution is 8.13. The normalized spacial score (nSPS) is 23.5. The van der Waals surface area contributed by atoms with Crippen LogP contribution >= 0.6 is 46.6 Å². The lowest BCUT2D eigenvalue weighted by molar-refractivity contribution is -0.137. The van der Waals surface area contributed by atoms with Gasteiger partial charge in [0, 0.05) is 82.9 Å². The maximum atomic E-state index is 12.7. The lowest BCUT2D eigenvalue weighted by Crippen LogP contribution is -2.49. The number of thioether (sulfide) groups is 2. The summed E-state index contributed by atoms with van der Waals surface area (Å²) in [5.74, 6) is 0.364. The quantitative estimate of drug-likeness (QED) is 0.0272. The van der Waals surface area contributed by atoms with Crippen LogP contribution in [-0.2, 0) is 74.3 Å². The first-order valence-electron chi connectivity index (χ1n) is 28.2. The molecule has 90 heavy (non-hydrogen) atoms. The third-order valence-electron chi connectivity index (χ3n) is 14.3. The van der Waals surface area contributed by atoms with E-state index in [4.69, 9.17) is 35.1 Å². The minimum absolute atomic E-state index is 0. The summed E-state index contributed by atoms with van der Waals surface area (Å²) in [6.07, 6.45) is -2.92. The number of aliphatic hydroxyl groups is 3. The zero-order valence-corrected chi connectivity index (χ0v) is 55.6. The number of carbonyl (C=O) groups is 6. The molecule has 4 aliphatic rings. The molecule has 11 unspecified atom stereocenters. The Morgan fingerprint density at radius 1 is 0.722 bits per heavy atom. The molecular formula is C49H90BN14O21P3S2.